The standard InChI is InChI=1S/C28H26ClN3O4/c1-18-5-3-7-21(15-18)27(35)31(14-13-20-6-4-8-22(29)16-20)25-17-26(34)32(28(25)36)24-11-9-23(10-12-24)30-19(2)33/h3-12,15-16,25H,13-14,17H2,1-2H3,(H,30,33). The Balaban J connectivity index is 1.61. The summed E-state index contributed by atoms with van der Waals surface area (Å²) in [4.78, 5) is 54.0. The van der Waals surface area contributed by atoms with Crippen molar-refractivity contribution in [3.05, 3.63) is 94.5 Å². The maximum absolute atomic E-state index is 13.6. The lowest BCUT2D eigenvalue weighted by Crippen LogP contribution is -2.46. The van der Waals surface area contributed by atoms with Crippen molar-refractivity contribution >= 4 is 46.6 Å². The van der Waals surface area contributed by atoms with Crippen molar-refractivity contribution in [2.75, 3.05) is 16.8 Å². The third-order valence-corrected chi connectivity index (χ3v) is 6.24. The molecule has 0 spiro atoms. The summed E-state index contributed by atoms with van der Waals surface area (Å²) in [6.45, 7) is 3.53. The molecule has 0 saturated carbocycles. The lowest BCUT2D eigenvalue weighted by molar-refractivity contribution is -0.122. The molecule has 1 saturated heterocycles. The molecule has 7 nitrogen and oxygen atoms in total. The average molecular weight is 504 g/mol. The predicted octanol–water partition coefficient (Wildman–Crippen LogP) is 4.62. The van der Waals surface area contributed by atoms with E-state index in [1.807, 2.05) is 31.2 Å². The first-order chi connectivity index (χ1) is 17.2. The highest BCUT2D eigenvalue weighted by atomic mass is 35.5. The summed E-state index contributed by atoms with van der Waals surface area (Å²) in [5, 5.41) is 3.24. The summed E-state index contributed by atoms with van der Waals surface area (Å²) in [5.74, 6) is -1.38. The summed E-state index contributed by atoms with van der Waals surface area (Å²) in [6.07, 6.45) is 0.362. The molecule has 184 valence electrons. The summed E-state index contributed by atoms with van der Waals surface area (Å²) in [7, 11) is 0. The van der Waals surface area contributed by atoms with Gasteiger partial charge in [0.2, 0.25) is 11.8 Å². The largest absolute Gasteiger partial charge is 0.326 e. The Bertz CT molecular complexity index is 1320. The molecule has 1 aliphatic rings. The fourth-order valence-electron chi connectivity index (χ4n) is 4.31. The van der Waals surface area contributed by atoms with Gasteiger partial charge in [0.05, 0.1) is 12.1 Å². The number of hydrogen-bond acceptors (Lipinski definition) is 4. The third kappa shape index (κ3) is 5.63. The first-order valence-electron chi connectivity index (χ1n) is 11.6. The number of carbonyl (C=O) groups is 4. The molecule has 0 aromatic heterocycles. The van der Waals surface area contributed by atoms with Crippen LogP contribution < -0.4 is 10.2 Å². The van der Waals surface area contributed by atoms with Crippen LogP contribution in [-0.2, 0) is 20.8 Å². The highest BCUT2D eigenvalue weighted by Crippen LogP contribution is 2.28. The zero-order valence-corrected chi connectivity index (χ0v) is 20.8. The molecule has 1 heterocycles. The molecule has 3 aromatic rings. The van der Waals surface area contributed by atoms with Crippen molar-refractivity contribution in [1.82, 2.24) is 4.90 Å². The maximum atomic E-state index is 13.6. The van der Waals surface area contributed by atoms with E-state index in [0.717, 1.165) is 16.0 Å². The molecule has 4 amide bonds. The molecule has 1 N–H and O–H groups in total. The molecule has 8 heteroatoms. The van der Waals surface area contributed by atoms with Crippen LogP contribution in [0.4, 0.5) is 11.4 Å². The zero-order valence-electron chi connectivity index (χ0n) is 20.0. The topological polar surface area (TPSA) is 86.8 Å². The molecule has 4 rings (SSSR count). The van der Waals surface area contributed by atoms with Gasteiger partial charge in [0.15, 0.2) is 0 Å². The zero-order chi connectivity index (χ0) is 25.8. The lowest BCUT2D eigenvalue weighted by atomic mass is 10.1. The molecular weight excluding hydrogens is 478 g/mol. The summed E-state index contributed by atoms with van der Waals surface area (Å²) < 4.78 is 0. The highest BCUT2D eigenvalue weighted by molar-refractivity contribution is 6.30. The van der Waals surface area contributed by atoms with Gasteiger partial charge >= 0.3 is 0 Å². The van der Waals surface area contributed by atoms with Crippen molar-refractivity contribution in [2.45, 2.75) is 32.7 Å². The number of benzene rings is 3. The molecule has 1 aliphatic heterocycles. The number of aryl methyl sites for hydroxylation is 1. The SMILES string of the molecule is CC(=O)Nc1ccc(N2C(=O)CC(N(CCc3cccc(Cl)c3)C(=O)c3cccc(C)c3)C2=O)cc1. The number of halogens is 1. The van der Waals surface area contributed by atoms with Crippen LogP contribution in [-0.4, -0.2) is 41.1 Å². The predicted molar refractivity (Wildman–Crippen MR) is 139 cm³/mol. The van der Waals surface area contributed by atoms with Gasteiger partial charge in [-0.05, 0) is 67.4 Å². The first-order valence-corrected chi connectivity index (χ1v) is 12.0. The van der Waals surface area contributed by atoms with E-state index in [0.29, 0.717) is 28.4 Å². The van der Waals surface area contributed by atoms with E-state index in [1.54, 1.807) is 48.5 Å². The molecule has 3 aromatic carbocycles. The molecule has 1 fully saturated rings. The van der Waals surface area contributed by atoms with E-state index in [9.17, 15) is 19.2 Å². The Morgan fingerprint density at radius 2 is 1.75 bits per heavy atom. The molecule has 1 atom stereocenters. The highest BCUT2D eigenvalue weighted by Gasteiger charge is 2.44. The normalized spacial score (nSPS) is 15.2. The number of amides is 4. The van der Waals surface area contributed by atoms with Crippen molar-refractivity contribution in [3.63, 3.8) is 0 Å². The van der Waals surface area contributed by atoms with Gasteiger partial charge in [0, 0.05) is 29.7 Å². The van der Waals surface area contributed by atoms with Crippen molar-refractivity contribution < 1.29 is 19.2 Å². The van der Waals surface area contributed by atoms with Gasteiger partial charge in [-0.3, -0.25) is 19.2 Å². The molecule has 1 unspecified atom stereocenters. The molecule has 0 radical (unpaired) electrons. The number of nitrogens with one attached hydrogen (secondary N) is 1. The maximum Gasteiger partial charge on any atom is 0.257 e. The molecular formula is C28H26ClN3O4. The van der Waals surface area contributed by atoms with Gasteiger partial charge in [-0.2, -0.15) is 0 Å². The Morgan fingerprint density at radius 1 is 1.03 bits per heavy atom. The number of nitrogens with zero attached hydrogens (tertiary/aromatic N) is 2. The number of hydrogen-bond donors (Lipinski definition) is 1. The Hall–Kier alpha value is -3.97. The second-order valence-electron chi connectivity index (χ2n) is 8.76. The minimum Gasteiger partial charge on any atom is -0.326 e. The Morgan fingerprint density at radius 3 is 2.42 bits per heavy atom. The van der Waals surface area contributed by atoms with Crippen molar-refractivity contribution in [3.8, 4) is 0 Å². The van der Waals surface area contributed by atoms with E-state index in [4.69, 9.17) is 11.6 Å². The summed E-state index contributed by atoms with van der Waals surface area (Å²) in [6, 6.07) is 20.0. The Kier molecular flexibility index (Phi) is 7.50. The Labute approximate surface area is 214 Å². The number of rotatable bonds is 7. The first kappa shape index (κ1) is 25.1. The van der Waals surface area contributed by atoms with E-state index < -0.39 is 11.9 Å². The van der Waals surface area contributed by atoms with Crippen molar-refractivity contribution in [1.29, 1.82) is 0 Å². The smallest absolute Gasteiger partial charge is 0.257 e. The van der Waals surface area contributed by atoms with Crippen LogP contribution in [0.5, 0.6) is 0 Å². The van der Waals surface area contributed by atoms with Crippen LogP contribution >= 0.6 is 11.6 Å². The quantitative estimate of drug-likeness (QED) is 0.476. The fourth-order valence-corrected chi connectivity index (χ4v) is 4.53. The van der Waals surface area contributed by atoms with Crippen molar-refractivity contribution in [2.24, 2.45) is 0 Å². The van der Waals surface area contributed by atoms with Crippen LogP contribution in [0.2, 0.25) is 5.02 Å². The molecule has 36 heavy (non-hydrogen) atoms. The number of anilines is 2. The van der Waals surface area contributed by atoms with Crippen LogP contribution in [0, 0.1) is 6.92 Å². The summed E-state index contributed by atoms with van der Waals surface area (Å²) >= 11 is 6.12. The van der Waals surface area contributed by atoms with E-state index in [-0.39, 0.29) is 30.7 Å². The van der Waals surface area contributed by atoms with E-state index >= 15 is 0 Å². The minimum absolute atomic E-state index is 0.112. The number of imide groups is 1. The lowest BCUT2D eigenvalue weighted by Gasteiger charge is -2.28. The third-order valence-electron chi connectivity index (χ3n) is 6.00. The van der Waals surface area contributed by atoms with Crippen LogP contribution in [0.25, 0.3) is 0 Å². The van der Waals surface area contributed by atoms with E-state index in [2.05, 4.69) is 5.32 Å². The van der Waals surface area contributed by atoms with Crippen LogP contribution in [0.1, 0.15) is 34.8 Å². The van der Waals surface area contributed by atoms with Gasteiger partial charge in [-0.25, -0.2) is 4.90 Å². The average Bonchev–Trinajstić information content (AvgIpc) is 3.13. The summed E-state index contributed by atoms with van der Waals surface area (Å²) in [5.41, 5.74) is 3.25. The van der Waals surface area contributed by atoms with Gasteiger partial charge in [-0.15, -0.1) is 0 Å². The van der Waals surface area contributed by atoms with Gasteiger partial charge in [-0.1, -0.05) is 41.4 Å². The fraction of sp³-hybridized carbons (Fsp3) is 0.214. The minimum atomic E-state index is -0.931. The van der Waals surface area contributed by atoms with Gasteiger partial charge in [0.25, 0.3) is 11.8 Å². The number of carbonyl (C=O) groups excluding carboxylic acids is 4. The van der Waals surface area contributed by atoms with Gasteiger partial charge < -0.3 is 10.2 Å². The van der Waals surface area contributed by atoms with Gasteiger partial charge in [0.1, 0.15) is 6.04 Å². The second-order valence-corrected chi connectivity index (χ2v) is 9.20. The monoisotopic (exact) mass is 503 g/mol. The van der Waals surface area contributed by atoms with E-state index in [1.165, 1.54) is 11.8 Å². The molecule has 0 aliphatic carbocycles. The molecule has 0 bridgehead atoms. The van der Waals surface area contributed by atoms with Crippen LogP contribution in [0.3, 0.4) is 0 Å². The van der Waals surface area contributed by atoms with Crippen LogP contribution in [0.15, 0.2) is 72.8 Å². The second kappa shape index (κ2) is 10.7.